The third kappa shape index (κ3) is 2.88. The third-order valence-corrected chi connectivity index (χ3v) is 3.16. The first kappa shape index (κ1) is 13.0. The van der Waals surface area contributed by atoms with Gasteiger partial charge in [-0.3, -0.25) is 0 Å². The molecule has 0 aliphatic heterocycles. The molecule has 0 bridgehead atoms. The van der Waals surface area contributed by atoms with Crippen LogP contribution < -0.4 is 4.74 Å². The van der Waals surface area contributed by atoms with Crippen molar-refractivity contribution in [3.63, 3.8) is 0 Å². The zero-order valence-electron chi connectivity index (χ0n) is 9.71. The molecule has 0 radical (unpaired) electrons. The van der Waals surface area contributed by atoms with E-state index in [0.29, 0.717) is 16.6 Å². The summed E-state index contributed by atoms with van der Waals surface area (Å²) in [6, 6.07) is 9.04. The molecule has 0 spiro atoms. The van der Waals surface area contributed by atoms with E-state index in [1.54, 1.807) is 19.1 Å². The Labute approximate surface area is 113 Å². The molecule has 0 atom stereocenters. The first-order valence-corrected chi connectivity index (χ1v) is 6.50. The number of aryl methyl sites for hydroxylation is 1. The van der Waals surface area contributed by atoms with Gasteiger partial charge in [0.15, 0.2) is 11.6 Å². The van der Waals surface area contributed by atoms with Crippen molar-refractivity contribution in [2.24, 2.45) is 0 Å². The van der Waals surface area contributed by atoms with Gasteiger partial charge in [0.2, 0.25) is 0 Å². The lowest BCUT2D eigenvalue weighted by atomic mass is 10.2. The Morgan fingerprint density at radius 2 is 1.83 bits per heavy atom. The number of hydrogen-bond donors (Lipinski definition) is 0. The van der Waals surface area contributed by atoms with Gasteiger partial charge in [0, 0.05) is 5.33 Å². The number of halogens is 3. The minimum atomic E-state index is -0.436. The Morgan fingerprint density at radius 3 is 2.44 bits per heavy atom. The van der Waals surface area contributed by atoms with E-state index in [1.807, 2.05) is 0 Å². The average Bonchev–Trinajstić information content (AvgIpc) is 2.36. The van der Waals surface area contributed by atoms with Crippen molar-refractivity contribution in [3.8, 4) is 11.5 Å². The highest BCUT2D eigenvalue weighted by Crippen LogP contribution is 2.26. The van der Waals surface area contributed by atoms with Crippen molar-refractivity contribution in [3.05, 3.63) is 59.2 Å². The number of alkyl halides is 1. The Bertz CT molecular complexity index is 570. The quantitative estimate of drug-likeness (QED) is 0.728. The van der Waals surface area contributed by atoms with Crippen LogP contribution in [0, 0.1) is 18.6 Å². The highest BCUT2D eigenvalue weighted by atomic mass is 79.9. The summed E-state index contributed by atoms with van der Waals surface area (Å²) in [6.45, 7) is 1.63. The van der Waals surface area contributed by atoms with Crippen molar-refractivity contribution in [1.82, 2.24) is 0 Å². The summed E-state index contributed by atoms with van der Waals surface area (Å²) in [5.74, 6) is -0.198. The maximum Gasteiger partial charge on any atom is 0.166 e. The summed E-state index contributed by atoms with van der Waals surface area (Å²) in [4.78, 5) is 0. The molecule has 2 aromatic rings. The highest BCUT2D eigenvalue weighted by Gasteiger charge is 2.07. The molecule has 18 heavy (non-hydrogen) atoms. The van der Waals surface area contributed by atoms with Crippen LogP contribution in [0.1, 0.15) is 11.1 Å². The van der Waals surface area contributed by atoms with Crippen LogP contribution in [0.5, 0.6) is 11.5 Å². The molecule has 0 heterocycles. The molecule has 4 heteroatoms. The summed E-state index contributed by atoms with van der Waals surface area (Å²) in [5, 5.41) is 0.583. The van der Waals surface area contributed by atoms with Crippen LogP contribution in [0.3, 0.4) is 0 Å². The molecule has 0 saturated carbocycles. The van der Waals surface area contributed by atoms with E-state index < -0.39 is 5.82 Å². The lowest BCUT2D eigenvalue weighted by Gasteiger charge is -2.08. The molecule has 0 saturated heterocycles. The summed E-state index contributed by atoms with van der Waals surface area (Å²) < 4.78 is 32.2. The second-order valence-electron chi connectivity index (χ2n) is 3.91. The van der Waals surface area contributed by atoms with Gasteiger partial charge in [-0.25, -0.2) is 8.78 Å². The molecule has 2 aromatic carbocycles. The van der Waals surface area contributed by atoms with E-state index >= 15 is 0 Å². The van der Waals surface area contributed by atoms with Gasteiger partial charge >= 0.3 is 0 Å². The molecule has 0 unspecified atom stereocenters. The van der Waals surface area contributed by atoms with Crippen LogP contribution in [0.4, 0.5) is 8.78 Å². The monoisotopic (exact) mass is 312 g/mol. The van der Waals surface area contributed by atoms with E-state index in [9.17, 15) is 8.78 Å². The largest absolute Gasteiger partial charge is 0.454 e. The molecule has 1 nitrogen and oxygen atoms in total. The molecule has 2 rings (SSSR count). The van der Waals surface area contributed by atoms with Crippen LogP contribution in [-0.4, -0.2) is 0 Å². The van der Waals surface area contributed by atoms with Crippen LogP contribution in [0.2, 0.25) is 0 Å². The summed E-state index contributed by atoms with van der Waals surface area (Å²) in [5.41, 5.74) is 1.29. The summed E-state index contributed by atoms with van der Waals surface area (Å²) in [6.07, 6.45) is 0. The smallest absolute Gasteiger partial charge is 0.166 e. The molecule has 0 aliphatic carbocycles. The lowest BCUT2D eigenvalue weighted by Crippen LogP contribution is -1.91. The predicted molar refractivity (Wildman–Crippen MR) is 70.2 cm³/mol. The van der Waals surface area contributed by atoms with Crippen LogP contribution >= 0.6 is 15.9 Å². The van der Waals surface area contributed by atoms with Crippen molar-refractivity contribution in [1.29, 1.82) is 0 Å². The second kappa shape index (κ2) is 5.48. The fourth-order valence-corrected chi connectivity index (χ4v) is 1.87. The summed E-state index contributed by atoms with van der Waals surface area (Å²) >= 11 is 3.25. The van der Waals surface area contributed by atoms with Gasteiger partial charge < -0.3 is 4.74 Å². The van der Waals surface area contributed by atoms with Gasteiger partial charge in [-0.15, -0.1) is 0 Å². The van der Waals surface area contributed by atoms with Crippen molar-refractivity contribution in [2.45, 2.75) is 12.3 Å². The zero-order chi connectivity index (χ0) is 13.1. The highest BCUT2D eigenvalue weighted by molar-refractivity contribution is 9.08. The predicted octanol–water partition coefficient (Wildman–Crippen LogP) is 4.96. The molecule has 0 aliphatic rings. The van der Waals surface area contributed by atoms with Gasteiger partial charge in [-0.2, -0.15) is 0 Å². The topological polar surface area (TPSA) is 9.23 Å². The maximum atomic E-state index is 13.7. The Balaban J connectivity index is 2.25. The molecular formula is C14H11BrF2O. The van der Waals surface area contributed by atoms with E-state index in [0.717, 1.165) is 5.56 Å². The van der Waals surface area contributed by atoms with Crippen molar-refractivity contribution >= 4 is 15.9 Å². The Morgan fingerprint density at radius 1 is 1.06 bits per heavy atom. The average molecular weight is 313 g/mol. The SMILES string of the molecule is Cc1cc(Oc2ccc(CBr)cc2F)ccc1F. The van der Waals surface area contributed by atoms with Crippen LogP contribution in [0.15, 0.2) is 36.4 Å². The van der Waals surface area contributed by atoms with Gasteiger partial charge in [-0.05, 0) is 48.4 Å². The first-order chi connectivity index (χ1) is 8.60. The van der Waals surface area contributed by atoms with E-state index in [1.165, 1.54) is 24.3 Å². The van der Waals surface area contributed by atoms with E-state index in [2.05, 4.69) is 15.9 Å². The number of rotatable bonds is 3. The standard InChI is InChI=1S/C14H11BrF2O/c1-9-6-11(3-4-12(9)16)18-14-5-2-10(8-15)7-13(14)17/h2-7H,8H2,1H3. The van der Waals surface area contributed by atoms with E-state index in [-0.39, 0.29) is 11.6 Å². The van der Waals surface area contributed by atoms with Crippen molar-refractivity contribution < 1.29 is 13.5 Å². The van der Waals surface area contributed by atoms with Gasteiger partial charge in [0.25, 0.3) is 0 Å². The fourth-order valence-electron chi connectivity index (χ4n) is 1.52. The molecular weight excluding hydrogens is 302 g/mol. The normalized spacial score (nSPS) is 10.4. The van der Waals surface area contributed by atoms with E-state index in [4.69, 9.17) is 4.74 Å². The first-order valence-electron chi connectivity index (χ1n) is 5.38. The van der Waals surface area contributed by atoms with Crippen LogP contribution in [-0.2, 0) is 5.33 Å². The number of hydrogen-bond acceptors (Lipinski definition) is 1. The Hall–Kier alpha value is -1.42. The fraction of sp³-hybridized carbons (Fsp3) is 0.143. The zero-order valence-corrected chi connectivity index (χ0v) is 11.3. The number of benzene rings is 2. The Kier molecular flexibility index (Phi) is 3.97. The minimum absolute atomic E-state index is 0.130. The molecule has 0 N–H and O–H groups in total. The number of ether oxygens (including phenoxy) is 1. The maximum absolute atomic E-state index is 13.7. The van der Waals surface area contributed by atoms with Gasteiger partial charge in [-0.1, -0.05) is 22.0 Å². The molecule has 0 aromatic heterocycles. The van der Waals surface area contributed by atoms with Crippen molar-refractivity contribution in [2.75, 3.05) is 0 Å². The van der Waals surface area contributed by atoms with Gasteiger partial charge in [0.05, 0.1) is 0 Å². The molecule has 94 valence electrons. The molecule has 0 amide bonds. The second-order valence-corrected chi connectivity index (χ2v) is 4.47. The van der Waals surface area contributed by atoms with Gasteiger partial charge in [0.1, 0.15) is 11.6 Å². The van der Waals surface area contributed by atoms with Crippen LogP contribution in [0.25, 0.3) is 0 Å². The third-order valence-electron chi connectivity index (χ3n) is 2.51. The molecule has 0 fully saturated rings. The summed E-state index contributed by atoms with van der Waals surface area (Å²) in [7, 11) is 0. The minimum Gasteiger partial charge on any atom is -0.454 e. The lowest BCUT2D eigenvalue weighted by molar-refractivity contribution is 0.440.